The number of nitrogens with zero attached hydrogens (tertiary/aromatic N) is 3. The fraction of sp³-hybridized carbons (Fsp3) is 0.667. The van der Waals surface area contributed by atoms with Crippen LogP contribution in [-0.4, -0.2) is 34.1 Å². The highest BCUT2D eigenvalue weighted by Gasteiger charge is 2.26. The summed E-state index contributed by atoms with van der Waals surface area (Å²) in [7, 11) is 0. The van der Waals surface area contributed by atoms with Gasteiger partial charge in [-0.1, -0.05) is 22.9 Å². The second-order valence-electron chi connectivity index (χ2n) is 3.45. The topological polar surface area (TPSA) is 21.1 Å². The van der Waals surface area contributed by atoms with Gasteiger partial charge in [0.05, 0.1) is 18.1 Å². The molecule has 0 N–H and O–H groups in total. The minimum Gasteiger partial charge on any atom is -0.332 e. The van der Waals surface area contributed by atoms with Crippen LogP contribution >= 0.6 is 15.9 Å². The Morgan fingerprint density at radius 3 is 2.92 bits per heavy atom. The van der Waals surface area contributed by atoms with Gasteiger partial charge in [-0.15, -0.1) is 0 Å². The van der Waals surface area contributed by atoms with Gasteiger partial charge < -0.3 is 4.57 Å². The Hall–Kier alpha value is -0.350. The fourth-order valence-electron chi connectivity index (χ4n) is 1.64. The highest BCUT2D eigenvalue weighted by atomic mass is 79.9. The number of likely N-dealkylation sites (tertiary alicyclic amines) is 1. The van der Waals surface area contributed by atoms with Crippen LogP contribution in [0.15, 0.2) is 12.5 Å². The van der Waals surface area contributed by atoms with Crippen LogP contribution < -0.4 is 0 Å². The van der Waals surface area contributed by atoms with Gasteiger partial charge in [-0.3, -0.25) is 4.90 Å². The van der Waals surface area contributed by atoms with Crippen molar-refractivity contribution in [3.8, 4) is 0 Å². The lowest BCUT2D eigenvalue weighted by molar-refractivity contribution is 0.114. The molecule has 1 fully saturated rings. The summed E-state index contributed by atoms with van der Waals surface area (Å²) >= 11 is 3.40. The lowest BCUT2D eigenvalue weighted by Crippen LogP contribution is -2.46. The van der Waals surface area contributed by atoms with Crippen molar-refractivity contribution in [2.24, 2.45) is 0 Å². The largest absolute Gasteiger partial charge is 0.332 e. The molecule has 13 heavy (non-hydrogen) atoms. The first-order valence-corrected chi connectivity index (χ1v) is 5.76. The molecule has 0 bridgehead atoms. The van der Waals surface area contributed by atoms with E-state index in [-0.39, 0.29) is 0 Å². The van der Waals surface area contributed by atoms with Gasteiger partial charge in [-0.2, -0.15) is 0 Å². The van der Waals surface area contributed by atoms with Crippen molar-refractivity contribution in [2.75, 3.05) is 19.6 Å². The van der Waals surface area contributed by atoms with Crippen LogP contribution in [0, 0.1) is 0 Å². The maximum absolute atomic E-state index is 4.29. The van der Waals surface area contributed by atoms with Gasteiger partial charge >= 0.3 is 0 Å². The second kappa shape index (κ2) is 3.80. The summed E-state index contributed by atoms with van der Waals surface area (Å²) in [5, 5.41) is 0.851. The Kier molecular flexibility index (Phi) is 2.69. The normalized spacial score (nSPS) is 18.9. The molecule has 0 amide bonds. The van der Waals surface area contributed by atoms with Gasteiger partial charge in [-0.25, -0.2) is 4.98 Å². The molecule has 0 aromatic carbocycles. The molecular weight excluding hydrogens is 230 g/mol. The molecule has 72 valence electrons. The van der Waals surface area contributed by atoms with Crippen LogP contribution in [0.5, 0.6) is 0 Å². The molecule has 0 unspecified atom stereocenters. The Labute approximate surface area is 86.9 Å². The van der Waals surface area contributed by atoms with Gasteiger partial charge in [-0.05, 0) is 6.54 Å². The van der Waals surface area contributed by atoms with Crippen LogP contribution in [-0.2, 0) is 5.33 Å². The summed E-state index contributed by atoms with van der Waals surface area (Å²) in [4.78, 5) is 6.72. The Bertz CT molecular complexity index is 278. The van der Waals surface area contributed by atoms with Gasteiger partial charge in [0.2, 0.25) is 0 Å². The van der Waals surface area contributed by atoms with Crippen LogP contribution in [0.4, 0.5) is 0 Å². The Morgan fingerprint density at radius 2 is 2.38 bits per heavy atom. The third kappa shape index (κ3) is 1.79. The van der Waals surface area contributed by atoms with E-state index >= 15 is 0 Å². The van der Waals surface area contributed by atoms with Crippen molar-refractivity contribution in [1.29, 1.82) is 0 Å². The minimum atomic E-state index is 0.653. The number of alkyl halides is 1. The summed E-state index contributed by atoms with van der Waals surface area (Å²) in [6.45, 7) is 5.72. The van der Waals surface area contributed by atoms with E-state index in [1.165, 1.54) is 13.1 Å². The molecule has 1 aromatic rings. The van der Waals surface area contributed by atoms with E-state index in [0.29, 0.717) is 6.04 Å². The summed E-state index contributed by atoms with van der Waals surface area (Å²) < 4.78 is 2.22. The Morgan fingerprint density at radius 1 is 1.62 bits per heavy atom. The number of aromatic nitrogens is 2. The molecule has 0 radical (unpaired) electrons. The number of halogens is 1. The first-order chi connectivity index (χ1) is 6.33. The molecule has 0 saturated carbocycles. The number of hydrogen-bond donors (Lipinski definition) is 0. The number of rotatable bonds is 3. The van der Waals surface area contributed by atoms with Crippen molar-refractivity contribution >= 4 is 15.9 Å². The van der Waals surface area contributed by atoms with E-state index < -0.39 is 0 Å². The number of imidazole rings is 1. The summed E-state index contributed by atoms with van der Waals surface area (Å²) in [5.74, 6) is 0. The van der Waals surface area contributed by atoms with E-state index in [4.69, 9.17) is 0 Å². The second-order valence-corrected chi connectivity index (χ2v) is 4.01. The average molecular weight is 244 g/mol. The minimum absolute atomic E-state index is 0.653. The van der Waals surface area contributed by atoms with Crippen molar-refractivity contribution in [3.05, 3.63) is 18.2 Å². The highest BCUT2D eigenvalue weighted by Crippen LogP contribution is 2.20. The van der Waals surface area contributed by atoms with E-state index in [9.17, 15) is 0 Å². The highest BCUT2D eigenvalue weighted by molar-refractivity contribution is 9.08. The molecule has 0 atom stereocenters. The van der Waals surface area contributed by atoms with Crippen LogP contribution in [0.2, 0.25) is 0 Å². The van der Waals surface area contributed by atoms with E-state index in [2.05, 4.69) is 43.5 Å². The van der Waals surface area contributed by atoms with Gasteiger partial charge in [0.1, 0.15) is 0 Å². The maximum Gasteiger partial charge on any atom is 0.0953 e. The molecule has 0 aliphatic carbocycles. The standard InChI is InChI=1S/C9H14BrN3/c1-2-12-5-9(6-12)13-4-8(3-10)11-7-13/h4,7,9H,2-3,5-6H2,1H3. The van der Waals surface area contributed by atoms with Crippen molar-refractivity contribution in [2.45, 2.75) is 18.3 Å². The van der Waals surface area contributed by atoms with E-state index in [1.54, 1.807) is 0 Å². The lowest BCUT2D eigenvalue weighted by atomic mass is 10.1. The van der Waals surface area contributed by atoms with Crippen molar-refractivity contribution in [1.82, 2.24) is 14.5 Å². The van der Waals surface area contributed by atoms with Crippen molar-refractivity contribution < 1.29 is 0 Å². The summed E-state index contributed by atoms with van der Waals surface area (Å²) in [6, 6.07) is 0.653. The molecule has 1 aromatic heterocycles. The SMILES string of the molecule is CCN1CC(n2cnc(CBr)c2)C1. The monoisotopic (exact) mass is 243 g/mol. The zero-order valence-corrected chi connectivity index (χ0v) is 9.37. The molecule has 2 rings (SSSR count). The fourth-order valence-corrected chi connectivity index (χ4v) is 1.93. The average Bonchev–Trinajstić information content (AvgIpc) is 2.51. The molecule has 1 saturated heterocycles. The van der Waals surface area contributed by atoms with Gasteiger partial charge in [0.15, 0.2) is 0 Å². The molecule has 1 aliphatic rings. The number of hydrogen-bond acceptors (Lipinski definition) is 2. The zero-order chi connectivity index (χ0) is 9.26. The third-order valence-corrected chi connectivity index (χ3v) is 3.17. The van der Waals surface area contributed by atoms with Crippen LogP contribution in [0.25, 0.3) is 0 Å². The molecule has 2 heterocycles. The third-order valence-electron chi connectivity index (χ3n) is 2.60. The summed E-state index contributed by atoms with van der Waals surface area (Å²) in [6.07, 6.45) is 4.07. The number of likely N-dealkylation sites (N-methyl/N-ethyl adjacent to an activating group) is 1. The van der Waals surface area contributed by atoms with Crippen LogP contribution in [0.3, 0.4) is 0 Å². The molecule has 0 spiro atoms. The van der Waals surface area contributed by atoms with Crippen LogP contribution in [0.1, 0.15) is 18.7 Å². The van der Waals surface area contributed by atoms with Crippen molar-refractivity contribution in [3.63, 3.8) is 0 Å². The molecule has 1 aliphatic heterocycles. The first kappa shape index (κ1) is 9.21. The van der Waals surface area contributed by atoms with E-state index in [0.717, 1.165) is 17.6 Å². The van der Waals surface area contributed by atoms with Gasteiger partial charge in [0, 0.05) is 24.6 Å². The Balaban J connectivity index is 1.95. The smallest absolute Gasteiger partial charge is 0.0953 e. The predicted octanol–water partition coefficient (Wildman–Crippen LogP) is 1.65. The molecule has 3 nitrogen and oxygen atoms in total. The lowest BCUT2D eigenvalue weighted by Gasteiger charge is -2.39. The quantitative estimate of drug-likeness (QED) is 0.754. The molecule has 4 heteroatoms. The maximum atomic E-state index is 4.29. The summed E-state index contributed by atoms with van der Waals surface area (Å²) in [5.41, 5.74) is 1.12. The zero-order valence-electron chi connectivity index (χ0n) is 7.78. The van der Waals surface area contributed by atoms with Gasteiger partial charge in [0.25, 0.3) is 0 Å². The predicted molar refractivity (Wildman–Crippen MR) is 56.0 cm³/mol. The first-order valence-electron chi connectivity index (χ1n) is 4.64. The van der Waals surface area contributed by atoms with E-state index in [1.807, 2.05) is 6.33 Å². The molecular formula is C9H14BrN3.